The van der Waals surface area contributed by atoms with Crippen LogP contribution < -0.4 is 5.56 Å². The number of hydrogen-bond donors (Lipinski definition) is 1. The van der Waals surface area contributed by atoms with Crippen molar-refractivity contribution >= 4 is 54.6 Å². The van der Waals surface area contributed by atoms with Gasteiger partial charge in [0.05, 0.1) is 27.9 Å². The first-order chi connectivity index (χ1) is 15.0. The van der Waals surface area contributed by atoms with Crippen molar-refractivity contribution in [3.63, 3.8) is 0 Å². The number of phenols is 1. The molecule has 0 bridgehead atoms. The smallest absolute Gasteiger partial charge is 0.263 e. The monoisotopic (exact) mass is 469 g/mol. The molecule has 31 heavy (non-hydrogen) atoms. The third-order valence-electron chi connectivity index (χ3n) is 5.56. The van der Waals surface area contributed by atoms with Gasteiger partial charge in [0.2, 0.25) is 0 Å². The second-order valence-corrected chi connectivity index (χ2v) is 10.5. The average Bonchev–Trinajstić information content (AvgIpc) is 3.15. The van der Waals surface area contributed by atoms with Gasteiger partial charge in [-0.25, -0.2) is 9.97 Å². The number of fused-ring (bicyclic) bond motifs is 3. The molecule has 4 aromatic heterocycles. The molecule has 6 rings (SSSR count). The first-order valence-electron chi connectivity index (χ1n) is 9.84. The molecular weight excluding hydrogens is 454 g/mol. The van der Waals surface area contributed by atoms with Gasteiger partial charge in [0.15, 0.2) is 12.1 Å². The number of phenolic OH excluding ortho intramolecular Hbond substituents is 1. The molecule has 9 heteroatoms. The number of hydrogen-bond acceptors (Lipinski definition) is 7. The molecule has 0 amide bonds. The third-order valence-corrected chi connectivity index (χ3v) is 8.18. The van der Waals surface area contributed by atoms with Crippen molar-refractivity contribution in [1.29, 1.82) is 0 Å². The van der Waals surface area contributed by atoms with Crippen LogP contribution in [-0.4, -0.2) is 19.6 Å². The first kappa shape index (κ1) is 19.0. The van der Waals surface area contributed by atoms with Gasteiger partial charge in [0.25, 0.3) is 5.56 Å². The quantitative estimate of drug-likeness (QED) is 0.353. The second-order valence-electron chi connectivity index (χ2n) is 7.76. The van der Waals surface area contributed by atoms with Crippen molar-refractivity contribution in [3.05, 3.63) is 61.7 Å². The highest BCUT2D eigenvalue weighted by atomic mass is 35.5. The van der Waals surface area contributed by atoms with E-state index in [1.54, 1.807) is 34.2 Å². The van der Waals surface area contributed by atoms with Crippen molar-refractivity contribution in [2.75, 3.05) is 0 Å². The zero-order valence-electron chi connectivity index (χ0n) is 16.4. The number of nitrogens with zero attached hydrogens (tertiary/aromatic N) is 3. The van der Waals surface area contributed by atoms with Crippen LogP contribution in [0.15, 0.2) is 40.0 Å². The van der Waals surface area contributed by atoms with Gasteiger partial charge in [-0.15, -0.1) is 22.7 Å². The highest BCUT2D eigenvalue weighted by Crippen LogP contribution is 2.48. The molecule has 0 aliphatic heterocycles. The lowest BCUT2D eigenvalue weighted by Gasteiger charge is -2.12. The van der Waals surface area contributed by atoms with Crippen molar-refractivity contribution < 1.29 is 9.52 Å². The Morgan fingerprint density at radius 1 is 1.32 bits per heavy atom. The van der Waals surface area contributed by atoms with E-state index in [9.17, 15) is 9.90 Å². The fourth-order valence-corrected chi connectivity index (χ4v) is 6.48. The zero-order valence-corrected chi connectivity index (χ0v) is 18.8. The minimum absolute atomic E-state index is 0.0186. The van der Waals surface area contributed by atoms with Crippen molar-refractivity contribution in [3.8, 4) is 17.1 Å². The number of oxazole rings is 1. The van der Waals surface area contributed by atoms with Gasteiger partial charge in [0, 0.05) is 20.7 Å². The van der Waals surface area contributed by atoms with E-state index in [2.05, 4.69) is 18.0 Å². The van der Waals surface area contributed by atoms with Crippen LogP contribution in [0.2, 0.25) is 5.02 Å². The van der Waals surface area contributed by atoms with E-state index in [1.807, 2.05) is 0 Å². The van der Waals surface area contributed by atoms with Crippen LogP contribution in [0, 0.1) is 6.92 Å². The number of aromatic hydroxyl groups is 1. The van der Waals surface area contributed by atoms with Crippen LogP contribution in [0.25, 0.3) is 31.7 Å². The lowest BCUT2D eigenvalue weighted by Crippen LogP contribution is -2.23. The summed E-state index contributed by atoms with van der Waals surface area (Å²) in [5, 5.41) is 11.9. The molecule has 4 heterocycles. The molecule has 6 nitrogen and oxygen atoms in total. The summed E-state index contributed by atoms with van der Waals surface area (Å²) in [7, 11) is 0. The summed E-state index contributed by atoms with van der Waals surface area (Å²) in [6.07, 6.45) is 5.29. The van der Waals surface area contributed by atoms with E-state index in [0.29, 0.717) is 37.8 Å². The number of aryl methyl sites for hydroxylation is 1. The normalized spacial score (nSPS) is 14.1. The van der Waals surface area contributed by atoms with Crippen LogP contribution >= 0.6 is 34.3 Å². The molecule has 1 fully saturated rings. The summed E-state index contributed by atoms with van der Waals surface area (Å²) in [4.78, 5) is 25.8. The summed E-state index contributed by atoms with van der Waals surface area (Å²) in [5.74, 6) is 1.72. The summed E-state index contributed by atoms with van der Waals surface area (Å²) in [6, 6.07) is 5.49. The fourth-order valence-electron chi connectivity index (χ4n) is 3.97. The Morgan fingerprint density at radius 2 is 2.16 bits per heavy atom. The fraction of sp³-hybridized carbons (Fsp3) is 0.227. The molecule has 1 aliphatic rings. The predicted molar refractivity (Wildman–Crippen MR) is 124 cm³/mol. The number of rotatable bonds is 4. The van der Waals surface area contributed by atoms with Crippen LogP contribution in [0.4, 0.5) is 0 Å². The molecule has 0 atom stereocenters. The standard InChI is InChI=1S/C22H16ClN3O3S2/c1-10-6-14(18(30-10)11-2-3-11)20-25-21-16(13-4-5-15(23)17(27)19(13)31-21)22(28)26(20)8-12-7-24-9-29-12/h4-7,9,11,27H,2-3,8H2,1H3. The Bertz CT molecular complexity index is 1530. The van der Waals surface area contributed by atoms with Gasteiger partial charge in [0.1, 0.15) is 16.4 Å². The van der Waals surface area contributed by atoms with Gasteiger partial charge in [-0.05, 0) is 37.8 Å². The van der Waals surface area contributed by atoms with E-state index in [-0.39, 0.29) is 22.9 Å². The Balaban J connectivity index is 1.69. The number of benzene rings is 1. The predicted octanol–water partition coefficient (Wildman–Crippen LogP) is 5.92. The molecule has 0 radical (unpaired) electrons. The summed E-state index contributed by atoms with van der Waals surface area (Å²) in [5.41, 5.74) is 0.832. The summed E-state index contributed by atoms with van der Waals surface area (Å²) >= 11 is 9.17. The largest absolute Gasteiger partial charge is 0.505 e. The molecule has 156 valence electrons. The molecular formula is C22H16ClN3O3S2. The van der Waals surface area contributed by atoms with Crippen molar-refractivity contribution in [1.82, 2.24) is 14.5 Å². The van der Waals surface area contributed by atoms with E-state index in [0.717, 1.165) is 18.4 Å². The zero-order chi connectivity index (χ0) is 21.3. The Morgan fingerprint density at radius 3 is 2.90 bits per heavy atom. The second kappa shape index (κ2) is 6.91. The maximum absolute atomic E-state index is 13.8. The molecule has 1 saturated carbocycles. The van der Waals surface area contributed by atoms with Crippen molar-refractivity contribution in [2.24, 2.45) is 0 Å². The van der Waals surface area contributed by atoms with Crippen LogP contribution in [0.1, 0.15) is 34.3 Å². The minimum atomic E-state index is -0.171. The van der Waals surface area contributed by atoms with Crippen LogP contribution in [0.5, 0.6) is 5.75 Å². The summed E-state index contributed by atoms with van der Waals surface area (Å²) < 4.78 is 7.67. The Kier molecular flexibility index (Phi) is 4.25. The molecule has 5 aromatic rings. The van der Waals surface area contributed by atoms with Gasteiger partial charge in [-0.2, -0.15) is 0 Å². The molecule has 0 unspecified atom stereocenters. The van der Waals surface area contributed by atoms with Crippen LogP contribution in [0.3, 0.4) is 0 Å². The number of aromatic nitrogens is 3. The lowest BCUT2D eigenvalue weighted by atomic mass is 10.1. The average molecular weight is 470 g/mol. The van der Waals surface area contributed by atoms with Gasteiger partial charge < -0.3 is 9.52 Å². The number of thiophene rings is 2. The highest BCUT2D eigenvalue weighted by molar-refractivity contribution is 7.25. The highest BCUT2D eigenvalue weighted by Gasteiger charge is 2.31. The van der Waals surface area contributed by atoms with Crippen LogP contribution in [-0.2, 0) is 6.54 Å². The summed E-state index contributed by atoms with van der Waals surface area (Å²) in [6.45, 7) is 2.31. The Labute approximate surface area is 189 Å². The maximum Gasteiger partial charge on any atom is 0.263 e. The molecule has 1 aromatic carbocycles. The van der Waals surface area contributed by atoms with Gasteiger partial charge in [-0.1, -0.05) is 17.7 Å². The maximum atomic E-state index is 13.8. The SMILES string of the molecule is Cc1cc(-c2nc3sc4c(O)c(Cl)ccc4c3c(=O)n2Cc2cnco2)c(C2CC2)s1. The molecule has 0 saturated heterocycles. The molecule has 0 spiro atoms. The van der Waals surface area contributed by atoms with Gasteiger partial charge >= 0.3 is 0 Å². The number of halogens is 1. The minimum Gasteiger partial charge on any atom is -0.505 e. The first-order valence-corrected chi connectivity index (χ1v) is 11.8. The van der Waals surface area contributed by atoms with E-state index >= 15 is 0 Å². The lowest BCUT2D eigenvalue weighted by molar-refractivity contribution is 0.482. The Hall–Kier alpha value is -2.68. The third kappa shape index (κ3) is 3.01. The van der Waals surface area contributed by atoms with E-state index in [4.69, 9.17) is 21.0 Å². The van der Waals surface area contributed by atoms with E-state index < -0.39 is 0 Å². The van der Waals surface area contributed by atoms with Crippen molar-refractivity contribution in [2.45, 2.75) is 32.2 Å². The molecule has 1 N–H and O–H groups in total. The van der Waals surface area contributed by atoms with Gasteiger partial charge in [-0.3, -0.25) is 9.36 Å². The molecule has 1 aliphatic carbocycles. The topological polar surface area (TPSA) is 81.2 Å². The van der Waals surface area contributed by atoms with E-state index in [1.165, 1.54) is 27.5 Å².